The van der Waals surface area contributed by atoms with E-state index in [1.807, 2.05) is 24.3 Å². The summed E-state index contributed by atoms with van der Waals surface area (Å²) in [6.45, 7) is 4.45. The first-order valence-electron chi connectivity index (χ1n) is 7.70. The van der Waals surface area contributed by atoms with Crippen LogP contribution in [0.15, 0.2) is 29.1 Å². The van der Waals surface area contributed by atoms with Crippen molar-refractivity contribution in [2.75, 3.05) is 44.0 Å². The number of fused-ring (bicyclic) bond motifs is 1. The fraction of sp³-hybridized carbons (Fsp3) is 0.500. The van der Waals surface area contributed by atoms with Gasteiger partial charge in [-0.1, -0.05) is 18.2 Å². The second-order valence-corrected chi connectivity index (χ2v) is 6.11. The number of benzene rings is 1. The first kappa shape index (κ1) is 15.3. The van der Waals surface area contributed by atoms with Crippen molar-refractivity contribution >= 4 is 28.2 Å². The van der Waals surface area contributed by atoms with E-state index in [2.05, 4.69) is 21.9 Å². The number of piperazine rings is 1. The number of hydrogen-bond acceptors (Lipinski definition) is 4. The third-order valence-electron chi connectivity index (χ3n) is 4.15. The summed E-state index contributed by atoms with van der Waals surface area (Å²) in [6, 6.07) is 7.74. The molecule has 5 nitrogen and oxygen atoms in total. The Bertz CT molecular complexity index is 707. The first-order chi connectivity index (χ1) is 10.7. The lowest BCUT2D eigenvalue weighted by molar-refractivity contribution is 0.311. The van der Waals surface area contributed by atoms with Gasteiger partial charge in [0.05, 0.1) is 5.39 Å². The van der Waals surface area contributed by atoms with Gasteiger partial charge in [-0.05, 0) is 19.5 Å². The third kappa shape index (κ3) is 2.96. The summed E-state index contributed by atoms with van der Waals surface area (Å²) in [5.74, 6) is 1.45. The zero-order chi connectivity index (χ0) is 15.5. The van der Waals surface area contributed by atoms with Crippen molar-refractivity contribution in [3.63, 3.8) is 0 Å². The summed E-state index contributed by atoms with van der Waals surface area (Å²) < 4.78 is 1.57. The zero-order valence-electron chi connectivity index (χ0n) is 12.8. The molecule has 0 aliphatic carbocycles. The summed E-state index contributed by atoms with van der Waals surface area (Å²) >= 11 is 5.77. The topological polar surface area (TPSA) is 41.4 Å². The Morgan fingerprint density at radius 2 is 1.82 bits per heavy atom. The minimum absolute atomic E-state index is 0.0291. The van der Waals surface area contributed by atoms with Crippen LogP contribution >= 0.6 is 11.6 Å². The summed E-state index contributed by atoms with van der Waals surface area (Å²) in [5, 5.41) is 6.32. The van der Waals surface area contributed by atoms with Gasteiger partial charge in [0.2, 0.25) is 0 Å². The van der Waals surface area contributed by atoms with Crippen molar-refractivity contribution in [3.8, 4) is 0 Å². The SMILES string of the molecule is CN1CCN(c2nn(CCCCl)c(=O)c3ccccc23)CC1. The van der Waals surface area contributed by atoms with E-state index in [-0.39, 0.29) is 5.56 Å². The number of rotatable bonds is 4. The third-order valence-corrected chi connectivity index (χ3v) is 4.42. The van der Waals surface area contributed by atoms with Crippen molar-refractivity contribution in [2.45, 2.75) is 13.0 Å². The Labute approximate surface area is 135 Å². The average Bonchev–Trinajstić information content (AvgIpc) is 2.55. The van der Waals surface area contributed by atoms with E-state index in [0.717, 1.165) is 49.2 Å². The number of alkyl halides is 1. The second-order valence-electron chi connectivity index (χ2n) is 5.73. The van der Waals surface area contributed by atoms with Crippen LogP contribution < -0.4 is 10.5 Å². The fourth-order valence-corrected chi connectivity index (χ4v) is 2.95. The van der Waals surface area contributed by atoms with Gasteiger partial charge in [0.25, 0.3) is 5.56 Å². The second kappa shape index (κ2) is 6.67. The molecule has 2 heterocycles. The quantitative estimate of drug-likeness (QED) is 0.805. The molecule has 1 aromatic heterocycles. The molecule has 0 unspecified atom stereocenters. The first-order valence-corrected chi connectivity index (χ1v) is 8.23. The minimum atomic E-state index is -0.0291. The van der Waals surface area contributed by atoms with Crippen molar-refractivity contribution in [1.82, 2.24) is 14.7 Å². The molecular formula is C16H21ClN4O. The molecule has 1 aliphatic rings. The molecule has 3 rings (SSSR count). The molecule has 0 radical (unpaired) electrons. The molecule has 0 spiro atoms. The van der Waals surface area contributed by atoms with Crippen LogP contribution in [0.4, 0.5) is 5.82 Å². The maximum atomic E-state index is 12.6. The summed E-state index contributed by atoms with van der Waals surface area (Å²) in [6.07, 6.45) is 0.745. The molecule has 0 saturated carbocycles. The molecular weight excluding hydrogens is 300 g/mol. The lowest BCUT2D eigenvalue weighted by atomic mass is 10.1. The van der Waals surface area contributed by atoms with Crippen LogP contribution in [-0.2, 0) is 6.54 Å². The Hall–Kier alpha value is -1.59. The molecule has 1 aromatic carbocycles. The maximum absolute atomic E-state index is 12.6. The summed E-state index contributed by atoms with van der Waals surface area (Å²) in [7, 11) is 2.13. The standard InChI is InChI=1S/C16H21ClN4O/c1-19-9-11-20(12-10-19)15-13-5-2-3-6-14(13)16(22)21(18-15)8-4-7-17/h2-3,5-6H,4,7-12H2,1H3. The number of anilines is 1. The summed E-state index contributed by atoms with van der Waals surface area (Å²) in [5.41, 5.74) is -0.0291. The lowest BCUT2D eigenvalue weighted by Gasteiger charge is -2.33. The smallest absolute Gasteiger partial charge is 0.274 e. The molecule has 22 heavy (non-hydrogen) atoms. The van der Waals surface area contributed by atoms with Crippen LogP contribution in [0.3, 0.4) is 0 Å². The van der Waals surface area contributed by atoms with E-state index in [4.69, 9.17) is 11.6 Å². The van der Waals surface area contributed by atoms with Gasteiger partial charge in [0, 0.05) is 44.0 Å². The van der Waals surface area contributed by atoms with E-state index in [1.54, 1.807) is 4.68 Å². The van der Waals surface area contributed by atoms with Crippen LogP contribution in [0.25, 0.3) is 10.8 Å². The van der Waals surface area contributed by atoms with E-state index in [1.165, 1.54) is 0 Å². The number of likely N-dealkylation sites (N-methyl/N-ethyl adjacent to an activating group) is 1. The minimum Gasteiger partial charge on any atom is -0.352 e. The van der Waals surface area contributed by atoms with Crippen LogP contribution in [0.2, 0.25) is 0 Å². The predicted molar refractivity (Wildman–Crippen MR) is 91.1 cm³/mol. The van der Waals surface area contributed by atoms with Gasteiger partial charge in [0.15, 0.2) is 5.82 Å². The Balaban J connectivity index is 2.07. The lowest BCUT2D eigenvalue weighted by Crippen LogP contribution is -2.45. The van der Waals surface area contributed by atoms with Crippen LogP contribution in [0, 0.1) is 0 Å². The van der Waals surface area contributed by atoms with Gasteiger partial charge < -0.3 is 9.80 Å². The molecule has 118 valence electrons. The van der Waals surface area contributed by atoms with E-state index >= 15 is 0 Å². The number of nitrogens with zero attached hydrogens (tertiary/aromatic N) is 4. The van der Waals surface area contributed by atoms with Gasteiger partial charge in [0.1, 0.15) is 0 Å². The normalized spacial score (nSPS) is 16.4. The zero-order valence-corrected chi connectivity index (χ0v) is 13.6. The van der Waals surface area contributed by atoms with Gasteiger partial charge in [-0.15, -0.1) is 11.6 Å². The van der Waals surface area contributed by atoms with Crippen molar-refractivity contribution in [2.24, 2.45) is 0 Å². The highest BCUT2D eigenvalue weighted by molar-refractivity contribution is 6.17. The number of halogens is 1. The monoisotopic (exact) mass is 320 g/mol. The Morgan fingerprint density at radius 1 is 1.14 bits per heavy atom. The molecule has 0 N–H and O–H groups in total. The molecule has 1 fully saturated rings. The number of aromatic nitrogens is 2. The van der Waals surface area contributed by atoms with Crippen molar-refractivity contribution in [1.29, 1.82) is 0 Å². The largest absolute Gasteiger partial charge is 0.352 e. The summed E-state index contributed by atoms with van der Waals surface area (Å²) in [4.78, 5) is 17.1. The Morgan fingerprint density at radius 3 is 2.50 bits per heavy atom. The van der Waals surface area contributed by atoms with Gasteiger partial charge in [-0.2, -0.15) is 5.10 Å². The van der Waals surface area contributed by atoms with Crippen LogP contribution in [-0.4, -0.2) is 53.8 Å². The van der Waals surface area contributed by atoms with Crippen molar-refractivity contribution < 1.29 is 0 Å². The average molecular weight is 321 g/mol. The van der Waals surface area contributed by atoms with Gasteiger partial charge in [-0.3, -0.25) is 4.79 Å². The maximum Gasteiger partial charge on any atom is 0.274 e. The number of aryl methyl sites for hydroxylation is 1. The van der Waals surface area contributed by atoms with E-state index in [9.17, 15) is 4.79 Å². The fourth-order valence-electron chi connectivity index (χ4n) is 2.83. The molecule has 6 heteroatoms. The predicted octanol–water partition coefficient (Wildman–Crippen LogP) is 1.78. The van der Waals surface area contributed by atoms with Gasteiger partial charge in [-0.25, -0.2) is 4.68 Å². The van der Waals surface area contributed by atoms with Crippen LogP contribution in [0.5, 0.6) is 0 Å². The highest BCUT2D eigenvalue weighted by Crippen LogP contribution is 2.22. The van der Waals surface area contributed by atoms with E-state index < -0.39 is 0 Å². The molecule has 1 saturated heterocycles. The Kier molecular flexibility index (Phi) is 4.64. The highest BCUT2D eigenvalue weighted by Gasteiger charge is 2.19. The molecule has 2 aromatic rings. The van der Waals surface area contributed by atoms with Crippen molar-refractivity contribution in [3.05, 3.63) is 34.6 Å². The van der Waals surface area contributed by atoms with E-state index in [0.29, 0.717) is 12.4 Å². The molecule has 0 bridgehead atoms. The van der Waals surface area contributed by atoms with Crippen LogP contribution in [0.1, 0.15) is 6.42 Å². The number of hydrogen-bond donors (Lipinski definition) is 0. The highest BCUT2D eigenvalue weighted by atomic mass is 35.5. The van der Waals surface area contributed by atoms with Gasteiger partial charge >= 0.3 is 0 Å². The molecule has 1 aliphatic heterocycles. The molecule has 0 amide bonds. The molecule has 0 atom stereocenters.